The molecule has 0 spiro atoms. The van der Waals surface area contributed by atoms with Crippen LogP contribution in [0.3, 0.4) is 0 Å². The molecule has 4 heteroatoms. The Hall–Kier alpha value is -3.92. The Labute approximate surface area is 190 Å². The van der Waals surface area contributed by atoms with Crippen molar-refractivity contribution >= 4 is 23.8 Å². The summed E-state index contributed by atoms with van der Waals surface area (Å²) in [4.78, 5) is 8.48. The first-order valence-corrected chi connectivity index (χ1v) is 10.7. The molecule has 0 unspecified atom stereocenters. The van der Waals surface area contributed by atoms with Crippen molar-refractivity contribution < 1.29 is 0 Å². The number of aromatic nitrogens is 2. The fourth-order valence-corrected chi connectivity index (χ4v) is 3.31. The van der Waals surface area contributed by atoms with E-state index in [1.54, 1.807) is 0 Å². The lowest BCUT2D eigenvalue weighted by atomic mass is 10.0. The summed E-state index contributed by atoms with van der Waals surface area (Å²) in [7, 11) is 0. The minimum Gasteiger partial charge on any atom is -0.384 e. The van der Waals surface area contributed by atoms with Crippen LogP contribution in [0.5, 0.6) is 0 Å². The van der Waals surface area contributed by atoms with Crippen LogP contribution in [0.4, 0.5) is 11.6 Å². The third-order valence-electron chi connectivity index (χ3n) is 5.15. The minimum atomic E-state index is 0.564. The molecular formula is C28H30N4. The first kappa shape index (κ1) is 22.8. The quantitative estimate of drug-likeness (QED) is 0.420. The van der Waals surface area contributed by atoms with E-state index in [0.29, 0.717) is 11.6 Å². The molecule has 0 atom stereocenters. The predicted molar refractivity (Wildman–Crippen MR) is 136 cm³/mol. The summed E-state index contributed by atoms with van der Waals surface area (Å²) in [5, 5.41) is 0. The Morgan fingerprint density at radius 1 is 0.625 bits per heavy atom. The first-order valence-electron chi connectivity index (χ1n) is 10.7. The smallest absolute Gasteiger partial charge is 0.123 e. The number of hydrogen-bond acceptors (Lipinski definition) is 4. The van der Waals surface area contributed by atoms with Crippen LogP contribution in [0.25, 0.3) is 12.2 Å². The fraction of sp³-hybridized carbons (Fsp3) is 0.143. The SMILES string of the molecule is Cc1nc(N)ccc1C=Cc1ccccc1.Cc1nc(N)ccc1CCc1ccccc1. The lowest BCUT2D eigenvalue weighted by Crippen LogP contribution is -1.99. The zero-order valence-electron chi connectivity index (χ0n) is 18.7. The monoisotopic (exact) mass is 422 g/mol. The van der Waals surface area contributed by atoms with Gasteiger partial charge in [-0.15, -0.1) is 0 Å². The van der Waals surface area contributed by atoms with E-state index in [4.69, 9.17) is 11.5 Å². The molecule has 4 rings (SSSR count). The molecule has 0 fully saturated rings. The second-order valence-electron chi connectivity index (χ2n) is 7.62. The molecule has 0 aliphatic rings. The van der Waals surface area contributed by atoms with Gasteiger partial charge in [-0.3, -0.25) is 0 Å². The van der Waals surface area contributed by atoms with Gasteiger partial charge in [-0.1, -0.05) is 78.9 Å². The maximum atomic E-state index is 5.62. The van der Waals surface area contributed by atoms with Crippen molar-refractivity contribution in [2.45, 2.75) is 26.7 Å². The molecule has 4 N–H and O–H groups in total. The lowest BCUT2D eigenvalue weighted by molar-refractivity contribution is 0.932. The van der Waals surface area contributed by atoms with Crippen molar-refractivity contribution in [1.29, 1.82) is 0 Å². The van der Waals surface area contributed by atoms with Crippen LogP contribution in [-0.4, -0.2) is 9.97 Å². The Morgan fingerprint density at radius 3 is 1.84 bits per heavy atom. The highest BCUT2D eigenvalue weighted by molar-refractivity contribution is 5.70. The van der Waals surface area contributed by atoms with Gasteiger partial charge in [0.1, 0.15) is 11.6 Å². The molecule has 0 saturated carbocycles. The van der Waals surface area contributed by atoms with Crippen LogP contribution in [0.15, 0.2) is 84.9 Å². The van der Waals surface area contributed by atoms with Crippen molar-refractivity contribution in [2.24, 2.45) is 0 Å². The van der Waals surface area contributed by atoms with E-state index in [0.717, 1.165) is 29.8 Å². The molecule has 0 aliphatic carbocycles. The molecule has 0 aliphatic heterocycles. The number of nitrogen functional groups attached to an aromatic ring is 2. The fourth-order valence-electron chi connectivity index (χ4n) is 3.31. The molecule has 4 nitrogen and oxygen atoms in total. The van der Waals surface area contributed by atoms with Gasteiger partial charge in [0.2, 0.25) is 0 Å². The van der Waals surface area contributed by atoms with Crippen molar-refractivity contribution in [3.05, 3.63) is 119 Å². The summed E-state index contributed by atoms with van der Waals surface area (Å²) in [6.45, 7) is 3.97. The van der Waals surface area contributed by atoms with Gasteiger partial charge in [0.05, 0.1) is 0 Å². The summed E-state index contributed by atoms with van der Waals surface area (Å²) in [5.41, 5.74) is 18.1. The Bertz CT molecular complexity index is 1150. The number of aryl methyl sites for hydroxylation is 4. The molecular weight excluding hydrogens is 392 g/mol. The number of nitrogens with two attached hydrogens (primary N) is 2. The summed E-state index contributed by atoms with van der Waals surface area (Å²) >= 11 is 0. The molecule has 162 valence electrons. The third-order valence-corrected chi connectivity index (χ3v) is 5.15. The van der Waals surface area contributed by atoms with Crippen LogP contribution >= 0.6 is 0 Å². The van der Waals surface area contributed by atoms with Gasteiger partial charge >= 0.3 is 0 Å². The van der Waals surface area contributed by atoms with E-state index >= 15 is 0 Å². The molecule has 2 aromatic carbocycles. The third kappa shape index (κ3) is 7.10. The standard InChI is InChI=1S/C14H16N2.C14H14N2/c2*1-11-13(9-10-14(15)16-11)8-7-12-5-3-2-4-6-12/h2-6,9-10H,7-8H2,1H3,(H2,15,16);2-10H,1H3,(H2,15,16). The average molecular weight is 423 g/mol. The van der Waals surface area contributed by atoms with Gasteiger partial charge in [-0.25, -0.2) is 9.97 Å². The van der Waals surface area contributed by atoms with E-state index in [1.807, 2.05) is 56.3 Å². The number of benzene rings is 2. The molecule has 32 heavy (non-hydrogen) atoms. The summed E-state index contributed by atoms with van der Waals surface area (Å²) in [6, 6.07) is 28.4. The van der Waals surface area contributed by atoms with Crippen molar-refractivity contribution in [3.63, 3.8) is 0 Å². The van der Waals surface area contributed by atoms with E-state index in [1.165, 1.54) is 16.7 Å². The second-order valence-corrected chi connectivity index (χ2v) is 7.62. The molecule has 0 saturated heterocycles. The number of nitrogens with zero attached hydrogens (tertiary/aromatic N) is 2. The number of rotatable bonds is 5. The molecule has 0 bridgehead atoms. The van der Waals surface area contributed by atoms with Crippen LogP contribution in [-0.2, 0) is 12.8 Å². The molecule has 2 aromatic heterocycles. The topological polar surface area (TPSA) is 77.8 Å². The molecule has 2 heterocycles. The molecule has 4 aromatic rings. The van der Waals surface area contributed by atoms with Crippen LogP contribution in [0, 0.1) is 13.8 Å². The lowest BCUT2D eigenvalue weighted by Gasteiger charge is -2.05. The second kappa shape index (κ2) is 11.5. The van der Waals surface area contributed by atoms with Crippen LogP contribution < -0.4 is 11.5 Å². The Kier molecular flexibility index (Phi) is 8.15. The van der Waals surface area contributed by atoms with Gasteiger partial charge < -0.3 is 11.5 Å². The zero-order valence-corrected chi connectivity index (χ0v) is 18.7. The molecule has 0 amide bonds. The zero-order chi connectivity index (χ0) is 22.8. The van der Waals surface area contributed by atoms with Gasteiger partial charge in [-0.05, 0) is 67.1 Å². The number of pyridine rings is 2. The highest BCUT2D eigenvalue weighted by atomic mass is 14.8. The normalized spacial score (nSPS) is 10.6. The van der Waals surface area contributed by atoms with E-state index in [9.17, 15) is 0 Å². The van der Waals surface area contributed by atoms with E-state index in [-0.39, 0.29) is 0 Å². The highest BCUT2D eigenvalue weighted by Gasteiger charge is 2.01. The van der Waals surface area contributed by atoms with Crippen molar-refractivity contribution in [2.75, 3.05) is 11.5 Å². The van der Waals surface area contributed by atoms with Crippen LogP contribution in [0.1, 0.15) is 33.6 Å². The number of hydrogen-bond donors (Lipinski definition) is 2. The maximum absolute atomic E-state index is 5.62. The van der Waals surface area contributed by atoms with Gasteiger partial charge in [0.15, 0.2) is 0 Å². The van der Waals surface area contributed by atoms with Crippen LogP contribution in [0.2, 0.25) is 0 Å². The van der Waals surface area contributed by atoms with Gasteiger partial charge in [0.25, 0.3) is 0 Å². The van der Waals surface area contributed by atoms with Crippen molar-refractivity contribution in [3.8, 4) is 0 Å². The average Bonchev–Trinajstić information content (AvgIpc) is 2.80. The number of anilines is 2. The maximum Gasteiger partial charge on any atom is 0.123 e. The van der Waals surface area contributed by atoms with Crippen molar-refractivity contribution in [1.82, 2.24) is 9.97 Å². The summed E-state index contributed by atoms with van der Waals surface area (Å²) in [6.07, 6.45) is 6.19. The van der Waals surface area contributed by atoms with Gasteiger partial charge in [0, 0.05) is 11.4 Å². The van der Waals surface area contributed by atoms with Gasteiger partial charge in [-0.2, -0.15) is 0 Å². The Balaban J connectivity index is 0.000000181. The van der Waals surface area contributed by atoms with E-state index in [2.05, 4.69) is 64.6 Å². The predicted octanol–water partition coefficient (Wildman–Crippen LogP) is 5.90. The Morgan fingerprint density at radius 2 is 1.22 bits per heavy atom. The van der Waals surface area contributed by atoms with E-state index < -0.39 is 0 Å². The largest absolute Gasteiger partial charge is 0.384 e. The first-order chi connectivity index (χ1) is 15.5. The minimum absolute atomic E-state index is 0.564. The molecule has 0 radical (unpaired) electrons. The summed E-state index contributed by atoms with van der Waals surface area (Å²) < 4.78 is 0. The summed E-state index contributed by atoms with van der Waals surface area (Å²) in [5.74, 6) is 1.16. The highest BCUT2D eigenvalue weighted by Crippen LogP contribution is 2.13.